The van der Waals surface area contributed by atoms with E-state index in [9.17, 15) is 10.1 Å². The van der Waals surface area contributed by atoms with Crippen LogP contribution in [0.4, 0.5) is 11.5 Å². The van der Waals surface area contributed by atoms with E-state index in [1.54, 1.807) is 10.9 Å². The predicted molar refractivity (Wildman–Crippen MR) is 64.4 cm³/mol. The number of anilines is 1. The van der Waals surface area contributed by atoms with Crippen molar-refractivity contribution in [3.63, 3.8) is 0 Å². The van der Waals surface area contributed by atoms with Crippen molar-refractivity contribution in [3.8, 4) is 5.82 Å². The molecule has 0 saturated heterocycles. The summed E-state index contributed by atoms with van der Waals surface area (Å²) in [5, 5.41) is 15.0. The van der Waals surface area contributed by atoms with Crippen LogP contribution < -0.4 is 5.73 Å². The first-order valence-electron chi connectivity index (χ1n) is 5.62. The number of rotatable bonds is 3. The Hall–Kier alpha value is -2.44. The Balaban J connectivity index is 1.95. The molecule has 1 fully saturated rings. The zero-order chi connectivity index (χ0) is 12.7. The lowest BCUT2D eigenvalue weighted by molar-refractivity contribution is -0.384. The van der Waals surface area contributed by atoms with Crippen LogP contribution in [0, 0.1) is 10.1 Å². The highest BCUT2D eigenvalue weighted by Crippen LogP contribution is 2.39. The smallest absolute Gasteiger partial charge is 0.311 e. The van der Waals surface area contributed by atoms with E-state index in [2.05, 4.69) is 10.1 Å². The molecule has 0 aliphatic heterocycles. The lowest BCUT2D eigenvalue weighted by Crippen LogP contribution is -2.04. The number of hydrogen-bond donors (Lipinski definition) is 1. The first kappa shape index (κ1) is 10.7. The van der Waals surface area contributed by atoms with Crippen LogP contribution in [0.3, 0.4) is 0 Å². The van der Waals surface area contributed by atoms with Crippen LogP contribution in [0.15, 0.2) is 24.4 Å². The average molecular weight is 245 g/mol. The molecule has 2 N–H and O–H groups in total. The molecule has 1 aliphatic carbocycles. The molecule has 0 amide bonds. The zero-order valence-corrected chi connectivity index (χ0v) is 9.48. The number of nitrogen functional groups attached to an aromatic ring is 1. The second-order valence-corrected chi connectivity index (χ2v) is 4.29. The second-order valence-electron chi connectivity index (χ2n) is 4.29. The van der Waals surface area contributed by atoms with E-state index in [-0.39, 0.29) is 11.5 Å². The summed E-state index contributed by atoms with van der Waals surface area (Å²) < 4.78 is 1.59. The van der Waals surface area contributed by atoms with Crippen molar-refractivity contribution in [2.75, 3.05) is 5.73 Å². The van der Waals surface area contributed by atoms with Gasteiger partial charge in [-0.3, -0.25) is 10.1 Å². The van der Waals surface area contributed by atoms with E-state index in [0.29, 0.717) is 11.7 Å². The van der Waals surface area contributed by atoms with Gasteiger partial charge < -0.3 is 5.73 Å². The van der Waals surface area contributed by atoms with Crippen molar-refractivity contribution < 1.29 is 4.92 Å². The molecule has 0 spiro atoms. The molecular weight excluding hydrogens is 234 g/mol. The van der Waals surface area contributed by atoms with E-state index in [4.69, 9.17) is 5.73 Å². The SMILES string of the molecule is Nc1nc(-n2ccc(C3CC3)n2)ccc1[N+](=O)[O-]. The lowest BCUT2D eigenvalue weighted by atomic mass is 10.3. The summed E-state index contributed by atoms with van der Waals surface area (Å²) in [6.45, 7) is 0. The van der Waals surface area contributed by atoms with Gasteiger partial charge in [0.05, 0.1) is 10.6 Å². The van der Waals surface area contributed by atoms with Gasteiger partial charge in [0.1, 0.15) is 0 Å². The average Bonchev–Trinajstić information content (AvgIpc) is 3.06. The Bertz CT molecular complexity index is 618. The molecule has 7 heteroatoms. The standard InChI is InChI=1S/C11H11N5O2/c12-11-9(16(17)18)3-4-10(13-11)15-6-5-8(14-15)7-1-2-7/h3-7H,1-2H2,(H2,12,13). The Morgan fingerprint density at radius 2 is 2.17 bits per heavy atom. The quantitative estimate of drug-likeness (QED) is 0.654. The van der Waals surface area contributed by atoms with Crippen molar-refractivity contribution in [3.05, 3.63) is 40.2 Å². The highest BCUT2D eigenvalue weighted by molar-refractivity contribution is 5.54. The minimum atomic E-state index is -0.551. The Kier molecular flexibility index (Phi) is 2.26. The van der Waals surface area contributed by atoms with Gasteiger partial charge >= 0.3 is 5.69 Å². The summed E-state index contributed by atoms with van der Waals surface area (Å²) in [5.74, 6) is 0.951. The maximum Gasteiger partial charge on any atom is 0.311 e. The molecule has 1 aliphatic rings. The summed E-state index contributed by atoms with van der Waals surface area (Å²) in [5.41, 5.74) is 6.39. The fourth-order valence-electron chi connectivity index (χ4n) is 1.80. The molecule has 0 aromatic carbocycles. The molecule has 18 heavy (non-hydrogen) atoms. The molecule has 2 heterocycles. The predicted octanol–water partition coefficient (Wildman–Crippen LogP) is 1.64. The maximum atomic E-state index is 10.6. The van der Waals surface area contributed by atoms with E-state index < -0.39 is 4.92 Å². The van der Waals surface area contributed by atoms with Crippen LogP contribution in [-0.4, -0.2) is 19.7 Å². The highest BCUT2D eigenvalue weighted by atomic mass is 16.6. The first-order chi connectivity index (χ1) is 8.65. The second kappa shape index (κ2) is 3.80. The van der Waals surface area contributed by atoms with Crippen LogP contribution in [0.1, 0.15) is 24.5 Å². The van der Waals surface area contributed by atoms with Gasteiger partial charge in [0.25, 0.3) is 0 Å². The third-order valence-corrected chi connectivity index (χ3v) is 2.92. The molecule has 0 bridgehead atoms. The molecule has 0 radical (unpaired) electrons. The lowest BCUT2D eigenvalue weighted by Gasteiger charge is -2.02. The minimum absolute atomic E-state index is 0.0963. The molecule has 2 aromatic rings. The van der Waals surface area contributed by atoms with Gasteiger partial charge in [-0.1, -0.05) is 0 Å². The fourth-order valence-corrected chi connectivity index (χ4v) is 1.80. The van der Waals surface area contributed by atoms with Gasteiger partial charge in [-0.05, 0) is 25.0 Å². The number of nitro groups is 1. The molecule has 0 atom stereocenters. The molecule has 1 saturated carbocycles. The van der Waals surface area contributed by atoms with Crippen molar-refractivity contribution in [1.29, 1.82) is 0 Å². The maximum absolute atomic E-state index is 10.6. The molecule has 2 aromatic heterocycles. The highest BCUT2D eigenvalue weighted by Gasteiger charge is 2.26. The van der Waals surface area contributed by atoms with E-state index in [1.165, 1.54) is 25.0 Å². The van der Waals surface area contributed by atoms with Crippen molar-refractivity contribution in [2.24, 2.45) is 0 Å². The summed E-state index contributed by atoms with van der Waals surface area (Å²) in [6.07, 6.45) is 4.14. The molecule has 92 valence electrons. The van der Waals surface area contributed by atoms with Crippen LogP contribution in [-0.2, 0) is 0 Å². The van der Waals surface area contributed by atoms with Crippen LogP contribution in [0.2, 0.25) is 0 Å². The number of hydrogen-bond acceptors (Lipinski definition) is 5. The van der Waals surface area contributed by atoms with E-state index in [1.807, 2.05) is 6.07 Å². The number of nitrogens with two attached hydrogens (primary N) is 1. The summed E-state index contributed by atoms with van der Waals surface area (Å²) >= 11 is 0. The summed E-state index contributed by atoms with van der Waals surface area (Å²) in [4.78, 5) is 14.1. The van der Waals surface area contributed by atoms with Gasteiger partial charge in [0.2, 0.25) is 5.82 Å². The number of pyridine rings is 1. The number of nitrogens with zero attached hydrogens (tertiary/aromatic N) is 4. The van der Waals surface area contributed by atoms with Gasteiger partial charge in [-0.2, -0.15) is 5.10 Å². The first-order valence-corrected chi connectivity index (χ1v) is 5.62. The van der Waals surface area contributed by atoms with Gasteiger partial charge in [-0.25, -0.2) is 9.67 Å². The molecule has 7 nitrogen and oxygen atoms in total. The normalized spacial score (nSPS) is 14.7. The largest absolute Gasteiger partial charge is 0.378 e. The zero-order valence-electron chi connectivity index (χ0n) is 9.48. The van der Waals surface area contributed by atoms with Crippen molar-refractivity contribution in [1.82, 2.24) is 14.8 Å². The van der Waals surface area contributed by atoms with Crippen molar-refractivity contribution >= 4 is 11.5 Å². The minimum Gasteiger partial charge on any atom is -0.378 e. The topological polar surface area (TPSA) is 99.9 Å². The summed E-state index contributed by atoms with van der Waals surface area (Å²) in [7, 11) is 0. The Morgan fingerprint density at radius 3 is 2.78 bits per heavy atom. The van der Waals surface area contributed by atoms with Crippen LogP contribution in [0.5, 0.6) is 0 Å². The Morgan fingerprint density at radius 1 is 1.39 bits per heavy atom. The van der Waals surface area contributed by atoms with Gasteiger partial charge in [-0.15, -0.1) is 0 Å². The molecular formula is C11H11N5O2. The fraction of sp³-hybridized carbons (Fsp3) is 0.273. The van der Waals surface area contributed by atoms with Crippen LogP contribution in [0.25, 0.3) is 5.82 Å². The monoisotopic (exact) mass is 245 g/mol. The third-order valence-electron chi connectivity index (χ3n) is 2.92. The van der Waals surface area contributed by atoms with Crippen molar-refractivity contribution in [2.45, 2.75) is 18.8 Å². The van der Waals surface area contributed by atoms with Gasteiger partial charge in [0, 0.05) is 18.2 Å². The Labute approximate surface area is 102 Å². The number of aromatic nitrogens is 3. The van der Waals surface area contributed by atoms with E-state index in [0.717, 1.165) is 5.69 Å². The van der Waals surface area contributed by atoms with Crippen LogP contribution >= 0.6 is 0 Å². The van der Waals surface area contributed by atoms with Gasteiger partial charge in [0.15, 0.2) is 5.82 Å². The molecule has 0 unspecified atom stereocenters. The van der Waals surface area contributed by atoms with E-state index >= 15 is 0 Å². The third kappa shape index (κ3) is 1.79. The molecule has 3 rings (SSSR count). The summed E-state index contributed by atoms with van der Waals surface area (Å²) in [6, 6.07) is 4.82.